The Balaban J connectivity index is 2.18. The highest BCUT2D eigenvalue weighted by molar-refractivity contribution is 5.88. The molecular formula is C14H16N2O. The number of carbonyl (C=O) groups is 1. The molecule has 2 rings (SSSR count). The van der Waals surface area contributed by atoms with Gasteiger partial charge in [-0.1, -0.05) is 24.3 Å². The number of nitrogens with zero attached hydrogens (tertiary/aromatic N) is 1. The third-order valence-electron chi connectivity index (χ3n) is 2.85. The van der Waals surface area contributed by atoms with Crippen LogP contribution in [0.3, 0.4) is 0 Å². The molecule has 0 spiro atoms. The summed E-state index contributed by atoms with van der Waals surface area (Å²) in [4.78, 5) is 16.8. The topological polar surface area (TPSA) is 36.1 Å². The molecule has 0 saturated heterocycles. The lowest BCUT2D eigenvalue weighted by atomic mass is 10.1. The quantitative estimate of drug-likeness (QED) is 0.801. The highest BCUT2D eigenvalue weighted by atomic mass is 16.2. The normalized spacial score (nSPS) is 10.4. The van der Waals surface area contributed by atoms with Crippen molar-refractivity contribution in [3.8, 4) is 0 Å². The van der Waals surface area contributed by atoms with Crippen LogP contribution in [0.4, 0.5) is 0 Å². The van der Waals surface area contributed by atoms with Gasteiger partial charge < -0.3 is 9.88 Å². The monoisotopic (exact) mass is 228 g/mol. The van der Waals surface area contributed by atoms with Gasteiger partial charge in [0.25, 0.3) is 0 Å². The summed E-state index contributed by atoms with van der Waals surface area (Å²) in [5.41, 5.74) is 2.11. The summed E-state index contributed by atoms with van der Waals surface area (Å²) >= 11 is 0. The van der Waals surface area contributed by atoms with E-state index >= 15 is 0 Å². The minimum Gasteiger partial charge on any atom is -0.361 e. The van der Waals surface area contributed by atoms with Crippen molar-refractivity contribution in [3.63, 3.8) is 0 Å². The molecule has 1 aromatic heterocycles. The summed E-state index contributed by atoms with van der Waals surface area (Å²) in [6.07, 6.45) is 4.06. The van der Waals surface area contributed by atoms with E-state index in [2.05, 4.69) is 11.6 Å². The van der Waals surface area contributed by atoms with Crippen molar-refractivity contribution >= 4 is 16.8 Å². The summed E-state index contributed by atoms with van der Waals surface area (Å²) < 4.78 is 0. The van der Waals surface area contributed by atoms with E-state index in [-0.39, 0.29) is 5.91 Å². The summed E-state index contributed by atoms with van der Waals surface area (Å²) in [6, 6.07) is 8.00. The third kappa shape index (κ3) is 2.38. The van der Waals surface area contributed by atoms with Crippen LogP contribution in [0.1, 0.15) is 5.56 Å². The van der Waals surface area contributed by atoms with Crippen molar-refractivity contribution in [1.82, 2.24) is 9.88 Å². The zero-order valence-corrected chi connectivity index (χ0v) is 9.94. The van der Waals surface area contributed by atoms with Crippen molar-refractivity contribution in [2.45, 2.75) is 6.42 Å². The number of likely N-dealkylation sites (N-methyl/N-ethyl adjacent to an activating group) is 1. The highest BCUT2D eigenvalue weighted by Gasteiger charge is 2.11. The molecule has 1 heterocycles. The maximum absolute atomic E-state index is 11.9. The van der Waals surface area contributed by atoms with E-state index < -0.39 is 0 Å². The van der Waals surface area contributed by atoms with Gasteiger partial charge in [0.1, 0.15) is 0 Å². The Hall–Kier alpha value is -2.03. The molecule has 0 aliphatic rings. The summed E-state index contributed by atoms with van der Waals surface area (Å²) in [5.74, 6) is 0.106. The number of para-hydroxylation sites is 1. The van der Waals surface area contributed by atoms with E-state index in [9.17, 15) is 4.79 Å². The molecule has 0 saturated carbocycles. The van der Waals surface area contributed by atoms with Crippen LogP contribution in [0.2, 0.25) is 0 Å². The lowest BCUT2D eigenvalue weighted by molar-refractivity contribution is -0.128. The van der Waals surface area contributed by atoms with Crippen molar-refractivity contribution in [1.29, 1.82) is 0 Å². The first kappa shape index (κ1) is 11.5. The average Bonchev–Trinajstić information content (AvgIpc) is 2.73. The van der Waals surface area contributed by atoms with Gasteiger partial charge in [-0.05, 0) is 11.6 Å². The maximum atomic E-state index is 11.9. The fourth-order valence-electron chi connectivity index (χ4n) is 1.87. The summed E-state index contributed by atoms with van der Waals surface area (Å²) in [6.45, 7) is 4.21. The molecule has 0 unspecified atom stereocenters. The van der Waals surface area contributed by atoms with Gasteiger partial charge in [-0.25, -0.2) is 0 Å². The minimum absolute atomic E-state index is 0.106. The number of aromatic amines is 1. The molecule has 2 aromatic rings. The molecule has 0 bridgehead atoms. The number of H-pyrrole nitrogens is 1. The molecule has 1 aromatic carbocycles. The number of hydrogen-bond acceptors (Lipinski definition) is 1. The Bertz CT molecular complexity index is 542. The van der Waals surface area contributed by atoms with Gasteiger partial charge in [0.05, 0.1) is 6.42 Å². The lowest BCUT2D eigenvalue weighted by Gasteiger charge is -2.14. The fourth-order valence-corrected chi connectivity index (χ4v) is 1.87. The lowest BCUT2D eigenvalue weighted by Crippen LogP contribution is -2.28. The van der Waals surface area contributed by atoms with E-state index in [1.807, 2.05) is 30.5 Å². The molecule has 3 heteroatoms. The standard InChI is InChI=1S/C14H16N2O/c1-3-8-16(2)14(17)9-11-10-15-13-7-5-4-6-12(11)13/h3-7,10,15H,1,8-9H2,2H3. The summed E-state index contributed by atoms with van der Waals surface area (Å²) in [5, 5.41) is 1.12. The van der Waals surface area contributed by atoms with Gasteiger partial charge in [-0.2, -0.15) is 0 Å². The smallest absolute Gasteiger partial charge is 0.227 e. The van der Waals surface area contributed by atoms with Crippen LogP contribution in [-0.4, -0.2) is 29.4 Å². The summed E-state index contributed by atoms with van der Waals surface area (Å²) in [7, 11) is 1.79. The van der Waals surface area contributed by atoms with E-state index in [4.69, 9.17) is 0 Å². The molecule has 17 heavy (non-hydrogen) atoms. The van der Waals surface area contributed by atoms with Crippen LogP contribution in [0.15, 0.2) is 43.1 Å². The Morgan fingerprint density at radius 2 is 2.24 bits per heavy atom. The Labute approximate surface area is 101 Å². The number of fused-ring (bicyclic) bond motifs is 1. The first-order valence-electron chi connectivity index (χ1n) is 5.62. The van der Waals surface area contributed by atoms with E-state index in [0.29, 0.717) is 13.0 Å². The van der Waals surface area contributed by atoms with Crippen LogP contribution in [0, 0.1) is 0 Å². The number of benzene rings is 1. The van der Waals surface area contributed by atoms with Crippen LogP contribution < -0.4 is 0 Å². The molecule has 0 aliphatic carbocycles. The van der Waals surface area contributed by atoms with Crippen LogP contribution >= 0.6 is 0 Å². The first-order chi connectivity index (χ1) is 8.22. The number of amides is 1. The van der Waals surface area contributed by atoms with Crippen LogP contribution in [-0.2, 0) is 11.2 Å². The van der Waals surface area contributed by atoms with Gasteiger partial charge in [0, 0.05) is 30.7 Å². The number of hydrogen-bond donors (Lipinski definition) is 1. The van der Waals surface area contributed by atoms with E-state index in [1.54, 1.807) is 18.0 Å². The third-order valence-corrected chi connectivity index (χ3v) is 2.85. The van der Waals surface area contributed by atoms with Crippen LogP contribution in [0.5, 0.6) is 0 Å². The van der Waals surface area contributed by atoms with Crippen molar-refractivity contribution in [2.24, 2.45) is 0 Å². The fraction of sp³-hybridized carbons (Fsp3) is 0.214. The highest BCUT2D eigenvalue weighted by Crippen LogP contribution is 2.18. The Morgan fingerprint density at radius 1 is 1.47 bits per heavy atom. The predicted octanol–water partition coefficient (Wildman–Crippen LogP) is 2.35. The molecule has 0 fully saturated rings. The number of rotatable bonds is 4. The molecule has 1 N–H and O–H groups in total. The molecule has 1 amide bonds. The average molecular weight is 228 g/mol. The second-order valence-corrected chi connectivity index (χ2v) is 4.10. The number of carbonyl (C=O) groups excluding carboxylic acids is 1. The zero-order chi connectivity index (χ0) is 12.3. The van der Waals surface area contributed by atoms with Gasteiger partial charge in [0.15, 0.2) is 0 Å². The Kier molecular flexibility index (Phi) is 3.28. The number of nitrogens with one attached hydrogen (secondary N) is 1. The SMILES string of the molecule is C=CCN(C)C(=O)Cc1c[nH]c2ccccc12. The Morgan fingerprint density at radius 3 is 3.00 bits per heavy atom. The molecule has 88 valence electrons. The van der Waals surface area contributed by atoms with Crippen molar-refractivity contribution in [2.75, 3.05) is 13.6 Å². The van der Waals surface area contributed by atoms with E-state index in [1.165, 1.54) is 0 Å². The number of aromatic nitrogens is 1. The van der Waals surface area contributed by atoms with E-state index in [0.717, 1.165) is 16.5 Å². The van der Waals surface area contributed by atoms with Crippen molar-refractivity contribution in [3.05, 3.63) is 48.7 Å². The van der Waals surface area contributed by atoms with Gasteiger partial charge in [0.2, 0.25) is 5.91 Å². The second kappa shape index (κ2) is 4.87. The molecule has 0 radical (unpaired) electrons. The second-order valence-electron chi connectivity index (χ2n) is 4.10. The molecule has 0 aliphatic heterocycles. The minimum atomic E-state index is 0.106. The predicted molar refractivity (Wildman–Crippen MR) is 69.8 cm³/mol. The molecule has 0 atom stereocenters. The van der Waals surface area contributed by atoms with Gasteiger partial charge in [-0.3, -0.25) is 4.79 Å². The maximum Gasteiger partial charge on any atom is 0.227 e. The van der Waals surface area contributed by atoms with Gasteiger partial charge >= 0.3 is 0 Å². The van der Waals surface area contributed by atoms with Gasteiger partial charge in [-0.15, -0.1) is 6.58 Å². The molecular weight excluding hydrogens is 212 g/mol. The zero-order valence-electron chi connectivity index (χ0n) is 9.94. The van der Waals surface area contributed by atoms with Crippen molar-refractivity contribution < 1.29 is 4.79 Å². The largest absolute Gasteiger partial charge is 0.361 e. The van der Waals surface area contributed by atoms with Crippen LogP contribution in [0.25, 0.3) is 10.9 Å². The molecule has 3 nitrogen and oxygen atoms in total. The first-order valence-corrected chi connectivity index (χ1v) is 5.62.